The van der Waals surface area contributed by atoms with E-state index in [1.165, 1.54) is 6.07 Å². The first-order chi connectivity index (χ1) is 19.0. The molecule has 6 nitrogen and oxygen atoms in total. The van der Waals surface area contributed by atoms with Gasteiger partial charge in [0.15, 0.2) is 19.7 Å². The number of sulfone groups is 2. The number of carbonyl (C=O) groups excluding carboxylic acids is 1. The predicted octanol–water partition coefficient (Wildman–Crippen LogP) is 4.77. The largest absolute Gasteiger partial charge is 0.426 e. The summed E-state index contributed by atoms with van der Waals surface area (Å²) in [4.78, 5) is 13.2. The van der Waals surface area contributed by atoms with Gasteiger partial charge in [-0.25, -0.2) is 25.6 Å². The summed E-state index contributed by atoms with van der Waals surface area (Å²) in [6.07, 6.45) is -4.36. The molecule has 0 bridgehead atoms. The maximum atomic E-state index is 14.9. The fourth-order valence-corrected chi connectivity index (χ4v) is 11.2. The number of carbonyl (C=O) groups is 1. The number of fused-ring (bicyclic) bond motifs is 3. The maximum absolute atomic E-state index is 14.9. The Morgan fingerprint density at radius 2 is 1.73 bits per heavy atom. The van der Waals surface area contributed by atoms with Crippen molar-refractivity contribution in [1.29, 1.82) is 0 Å². The molecule has 2 aromatic rings. The SMILES string of the molecule is CC(F)(c1ccc2c(c1)CC[C@H]1[C@H](C(=O)NCC3CCS(=O)(=O)C3)CC[C@@]21S(=O)(=O)c1ccc(F)cc1)C(F)(F)F. The van der Waals surface area contributed by atoms with Crippen molar-refractivity contribution in [1.82, 2.24) is 5.32 Å². The molecule has 0 radical (unpaired) electrons. The summed E-state index contributed by atoms with van der Waals surface area (Å²) >= 11 is 0. The summed E-state index contributed by atoms with van der Waals surface area (Å²) in [5.41, 5.74) is -3.82. The van der Waals surface area contributed by atoms with E-state index in [9.17, 15) is 43.6 Å². The van der Waals surface area contributed by atoms with Gasteiger partial charge >= 0.3 is 6.18 Å². The van der Waals surface area contributed by atoms with Gasteiger partial charge in [0.05, 0.1) is 16.4 Å². The average molecular weight is 620 g/mol. The van der Waals surface area contributed by atoms with Gasteiger partial charge in [0.1, 0.15) is 10.6 Å². The highest BCUT2D eigenvalue weighted by atomic mass is 32.2. The Hall–Kier alpha value is -2.54. The van der Waals surface area contributed by atoms with Crippen molar-refractivity contribution in [3.05, 3.63) is 65.0 Å². The van der Waals surface area contributed by atoms with E-state index in [2.05, 4.69) is 5.32 Å². The second-order valence-electron chi connectivity index (χ2n) is 11.5. The van der Waals surface area contributed by atoms with Gasteiger partial charge in [0.25, 0.3) is 0 Å². The third kappa shape index (κ3) is 4.96. The molecule has 2 aliphatic carbocycles. The van der Waals surface area contributed by atoms with Crippen LogP contribution in [-0.4, -0.2) is 47.0 Å². The van der Waals surface area contributed by atoms with Crippen LogP contribution in [0.1, 0.15) is 49.3 Å². The van der Waals surface area contributed by atoms with Gasteiger partial charge in [-0.3, -0.25) is 4.79 Å². The quantitative estimate of drug-likeness (QED) is 0.372. The number of aryl methyl sites for hydroxylation is 1. The summed E-state index contributed by atoms with van der Waals surface area (Å²) in [6, 6.07) is 7.48. The molecule has 13 heteroatoms. The number of alkyl halides is 4. The number of rotatable bonds is 6. The van der Waals surface area contributed by atoms with Crippen molar-refractivity contribution in [2.75, 3.05) is 18.1 Å². The van der Waals surface area contributed by atoms with Crippen LogP contribution in [0, 0.1) is 23.6 Å². The number of benzene rings is 2. The van der Waals surface area contributed by atoms with E-state index in [1.54, 1.807) is 0 Å². The normalized spacial score (nSPS) is 28.9. The van der Waals surface area contributed by atoms with E-state index in [0.29, 0.717) is 13.3 Å². The van der Waals surface area contributed by atoms with E-state index in [1.807, 2.05) is 0 Å². The minimum atomic E-state index is -5.19. The lowest BCUT2D eigenvalue weighted by molar-refractivity contribution is -0.228. The molecule has 1 aliphatic heterocycles. The van der Waals surface area contributed by atoms with E-state index in [4.69, 9.17) is 0 Å². The Morgan fingerprint density at radius 3 is 2.34 bits per heavy atom. The molecule has 1 saturated heterocycles. The van der Waals surface area contributed by atoms with Crippen molar-refractivity contribution in [3.63, 3.8) is 0 Å². The summed E-state index contributed by atoms with van der Waals surface area (Å²) < 4.78 is 120. The van der Waals surface area contributed by atoms with Crippen molar-refractivity contribution < 1.29 is 43.6 Å². The molecule has 0 aromatic heterocycles. The molecule has 41 heavy (non-hydrogen) atoms. The molecule has 3 aliphatic rings. The first kappa shape index (κ1) is 29.9. The van der Waals surface area contributed by atoms with Crippen LogP contribution >= 0.6 is 0 Å². The Kier molecular flexibility index (Phi) is 7.32. The van der Waals surface area contributed by atoms with Gasteiger partial charge in [-0.2, -0.15) is 13.2 Å². The molecule has 1 heterocycles. The van der Waals surface area contributed by atoms with E-state index < -0.39 is 65.4 Å². The highest BCUT2D eigenvalue weighted by molar-refractivity contribution is 7.92. The van der Waals surface area contributed by atoms with Gasteiger partial charge in [-0.1, -0.05) is 18.2 Å². The highest BCUT2D eigenvalue weighted by Gasteiger charge is 2.62. The molecule has 5 rings (SSSR count). The topological polar surface area (TPSA) is 97.4 Å². The van der Waals surface area contributed by atoms with E-state index in [0.717, 1.165) is 36.4 Å². The van der Waals surface area contributed by atoms with Crippen LogP contribution in [-0.2, 0) is 41.3 Å². The van der Waals surface area contributed by atoms with Crippen LogP contribution in [0.3, 0.4) is 0 Å². The van der Waals surface area contributed by atoms with Crippen LogP contribution in [0.15, 0.2) is 47.4 Å². The van der Waals surface area contributed by atoms with Gasteiger partial charge in [0.2, 0.25) is 11.6 Å². The lowest BCUT2D eigenvalue weighted by Crippen LogP contribution is -2.47. The molecule has 5 atom stereocenters. The molecule has 1 amide bonds. The van der Waals surface area contributed by atoms with Crippen LogP contribution < -0.4 is 5.32 Å². The van der Waals surface area contributed by atoms with Crippen molar-refractivity contribution in [2.45, 2.75) is 60.5 Å². The van der Waals surface area contributed by atoms with E-state index >= 15 is 0 Å². The lowest BCUT2D eigenvalue weighted by atomic mass is 9.72. The third-order valence-corrected chi connectivity index (χ3v) is 13.5. The first-order valence-electron chi connectivity index (χ1n) is 13.4. The van der Waals surface area contributed by atoms with Crippen molar-refractivity contribution in [3.8, 4) is 0 Å². The Balaban J connectivity index is 1.55. The van der Waals surface area contributed by atoms with Crippen LogP contribution in [0.25, 0.3) is 0 Å². The lowest BCUT2D eigenvalue weighted by Gasteiger charge is -2.42. The standard InChI is InChI=1S/C28H30F5NO5S2/c1-26(30,28(31,32)33)19-3-9-23-18(14-19)2-8-24-22(25(35)34-15-17-11-13-40(36,37)16-17)10-12-27(23,24)41(38,39)21-6-4-20(29)5-7-21/h3-7,9,14,17,22,24H,2,8,10-13,15-16H2,1H3,(H,34,35)/t17?,22-,24+,26?,27-/m1/s1. The second-order valence-corrected chi connectivity index (χ2v) is 16.0. The monoisotopic (exact) mass is 619 g/mol. The van der Waals surface area contributed by atoms with Crippen LogP contribution in [0.4, 0.5) is 22.0 Å². The van der Waals surface area contributed by atoms with Crippen molar-refractivity contribution in [2.24, 2.45) is 17.8 Å². The fourth-order valence-electron chi connectivity index (χ4n) is 6.86. The Bertz CT molecular complexity index is 1570. The zero-order valence-corrected chi connectivity index (χ0v) is 23.8. The highest BCUT2D eigenvalue weighted by Crippen LogP contribution is 2.59. The summed E-state index contributed by atoms with van der Waals surface area (Å²) in [7, 11) is -7.48. The third-order valence-electron chi connectivity index (χ3n) is 9.10. The number of halogens is 5. The summed E-state index contributed by atoms with van der Waals surface area (Å²) in [6.45, 7) is 0.544. The first-order valence-corrected chi connectivity index (χ1v) is 16.7. The number of amides is 1. The van der Waals surface area contributed by atoms with Crippen molar-refractivity contribution >= 4 is 25.6 Å². The zero-order valence-electron chi connectivity index (χ0n) is 22.2. The molecule has 2 unspecified atom stereocenters. The summed E-state index contributed by atoms with van der Waals surface area (Å²) in [5, 5.41) is 2.80. The van der Waals surface area contributed by atoms with E-state index in [-0.39, 0.29) is 65.7 Å². The smallest absolute Gasteiger partial charge is 0.356 e. The number of nitrogens with one attached hydrogen (secondary N) is 1. The molecule has 1 saturated carbocycles. The van der Waals surface area contributed by atoms with Crippen LogP contribution in [0.2, 0.25) is 0 Å². The Labute approximate surface area is 235 Å². The molecule has 2 aromatic carbocycles. The Morgan fingerprint density at radius 1 is 1.05 bits per heavy atom. The predicted molar refractivity (Wildman–Crippen MR) is 141 cm³/mol. The molecule has 224 valence electrons. The number of hydrogen-bond donors (Lipinski definition) is 1. The zero-order chi connectivity index (χ0) is 30.0. The number of hydrogen-bond acceptors (Lipinski definition) is 5. The minimum absolute atomic E-state index is 0.0220. The van der Waals surface area contributed by atoms with Gasteiger partial charge in [-0.15, -0.1) is 0 Å². The van der Waals surface area contributed by atoms with Gasteiger partial charge < -0.3 is 5.32 Å². The van der Waals surface area contributed by atoms with Gasteiger partial charge in [0, 0.05) is 12.5 Å². The molecule has 1 N–H and O–H groups in total. The molecular weight excluding hydrogens is 589 g/mol. The van der Waals surface area contributed by atoms with Gasteiger partial charge in [-0.05, 0) is 91.8 Å². The fraction of sp³-hybridized carbons (Fsp3) is 0.536. The summed E-state index contributed by atoms with van der Waals surface area (Å²) in [5.74, 6) is -2.83. The second kappa shape index (κ2) is 10.0. The molecular formula is C28H30F5NO5S2. The molecule has 0 spiro atoms. The molecule has 2 fully saturated rings. The average Bonchev–Trinajstić information content (AvgIpc) is 3.47. The maximum Gasteiger partial charge on any atom is 0.426 e. The van der Waals surface area contributed by atoms with Crippen LogP contribution in [0.5, 0.6) is 0 Å². The minimum Gasteiger partial charge on any atom is -0.356 e.